The minimum atomic E-state index is -0.120. The Kier molecular flexibility index (Phi) is 2.72. The fourth-order valence-corrected chi connectivity index (χ4v) is 1.53. The number of aromatic nitrogens is 4. The number of hydrogen-bond acceptors (Lipinski definition) is 3. The SMILES string of the molecule is Cc1n[nH]c(C)c1C(=O)NCc1cn[nH]c1. The van der Waals surface area contributed by atoms with Crippen LogP contribution in [0.3, 0.4) is 0 Å². The molecular weight excluding hydrogens is 206 g/mol. The van der Waals surface area contributed by atoms with Gasteiger partial charge < -0.3 is 5.32 Å². The van der Waals surface area contributed by atoms with Crippen LogP contribution in [0.15, 0.2) is 12.4 Å². The first kappa shape index (κ1) is 10.4. The summed E-state index contributed by atoms with van der Waals surface area (Å²) in [4.78, 5) is 11.8. The van der Waals surface area contributed by atoms with Crippen molar-refractivity contribution in [2.75, 3.05) is 0 Å². The summed E-state index contributed by atoms with van der Waals surface area (Å²) in [5, 5.41) is 16.1. The Bertz CT molecular complexity index is 466. The third kappa shape index (κ3) is 1.95. The number of hydrogen-bond donors (Lipinski definition) is 3. The molecule has 0 aliphatic carbocycles. The van der Waals surface area contributed by atoms with Gasteiger partial charge in [-0.25, -0.2) is 0 Å². The molecule has 0 radical (unpaired) electrons. The van der Waals surface area contributed by atoms with E-state index < -0.39 is 0 Å². The Morgan fingerprint density at radius 3 is 2.88 bits per heavy atom. The highest BCUT2D eigenvalue weighted by Crippen LogP contribution is 2.08. The molecule has 1 amide bonds. The molecule has 2 heterocycles. The van der Waals surface area contributed by atoms with Crippen molar-refractivity contribution in [2.24, 2.45) is 0 Å². The van der Waals surface area contributed by atoms with Crippen LogP contribution in [-0.2, 0) is 6.54 Å². The smallest absolute Gasteiger partial charge is 0.255 e. The lowest BCUT2D eigenvalue weighted by Crippen LogP contribution is -2.23. The monoisotopic (exact) mass is 219 g/mol. The minimum Gasteiger partial charge on any atom is -0.348 e. The van der Waals surface area contributed by atoms with Gasteiger partial charge in [-0.1, -0.05) is 0 Å². The van der Waals surface area contributed by atoms with Gasteiger partial charge in [-0.15, -0.1) is 0 Å². The molecule has 16 heavy (non-hydrogen) atoms. The fourth-order valence-electron chi connectivity index (χ4n) is 1.53. The number of carbonyl (C=O) groups is 1. The fraction of sp³-hybridized carbons (Fsp3) is 0.300. The zero-order valence-corrected chi connectivity index (χ0v) is 9.16. The maximum Gasteiger partial charge on any atom is 0.255 e. The highest BCUT2D eigenvalue weighted by Gasteiger charge is 2.14. The van der Waals surface area contributed by atoms with E-state index >= 15 is 0 Å². The molecule has 84 valence electrons. The molecule has 0 bridgehead atoms. The Labute approximate surface area is 92.5 Å². The summed E-state index contributed by atoms with van der Waals surface area (Å²) in [6.07, 6.45) is 3.42. The molecule has 6 nitrogen and oxygen atoms in total. The average molecular weight is 219 g/mol. The molecule has 2 rings (SSSR count). The first-order valence-corrected chi connectivity index (χ1v) is 4.96. The van der Waals surface area contributed by atoms with Gasteiger partial charge in [0.15, 0.2) is 0 Å². The molecule has 0 aromatic carbocycles. The first-order valence-electron chi connectivity index (χ1n) is 4.96. The molecule has 2 aromatic rings. The highest BCUT2D eigenvalue weighted by molar-refractivity contribution is 5.96. The largest absolute Gasteiger partial charge is 0.348 e. The normalized spacial score (nSPS) is 10.4. The lowest BCUT2D eigenvalue weighted by atomic mass is 10.2. The van der Waals surface area contributed by atoms with Crippen molar-refractivity contribution in [3.63, 3.8) is 0 Å². The molecular formula is C10H13N5O. The summed E-state index contributed by atoms with van der Waals surface area (Å²) in [6.45, 7) is 4.09. The molecule has 0 saturated carbocycles. The van der Waals surface area contributed by atoms with Crippen LogP contribution in [0.25, 0.3) is 0 Å². The van der Waals surface area contributed by atoms with Crippen molar-refractivity contribution in [2.45, 2.75) is 20.4 Å². The van der Waals surface area contributed by atoms with E-state index in [4.69, 9.17) is 0 Å². The molecule has 0 aliphatic heterocycles. The van der Waals surface area contributed by atoms with E-state index in [0.29, 0.717) is 17.8 Å². The third-order valence-corrected chi connectivity index (χ3v) is 2.36. The second kappa shape index (κ2) is 4.18. The molecule has 0 aliphatic rings. The van der Waals surface area contributed by atoms with E-state index in [9.17, 15) is 4.79 Å². The van der Waals surface area contributed by atoms with Crippen LogP contribution >= 0.6 is 0 Å². The van der Waals surface area contributed by atoms with Crippen LogP contribution in [-0.4, -0.2) is 26.3 Å². The van der Waals surface area contributed by atoms with Gasteiger partial charge in [0, 0.05) is 24.0 Å². The highest BCUT2D eigenvalue weighted by atomic mass is 16.1. The molecule has 3 N–H and O–H groups in total. The Morgan fingerprint density at radius 2 is 2.31 bits per heavy atom. The van der Waals surface area contributed by atoms with Gasteiger partial charge in [0.05, 0.1) is 17.5 Å². The number of aromatic amines is 2. The van der Waals surface area contributed by atoms with Crippen molar-refractivity contribution in [3.8, 4) is 0 Å². The van der Waals surface area contributed by atoms with Gasteiger partial charge in [-0.3, -0.25) is 15.0 Å². The Balaban J connectivity index is 2.04. The predicted octanol–water partition coefficient (Wildman–Crippen LogP) is 0.680. The van der Waals surface area contributed by atoms with Crippen molar-refractivity contribution >= 4 is 5.91 Å². The van der Waals surface area contributed by atoms with Crippen LogP contribution in [0, 0.1) is 13.8 Å². The van der Waals surface area contributed by atoms with Gasteiger partial charge in [-0.2, -0.15) is 10.2 Å². The maximum atomic E-state index is 11.8. The summed E-state index contributed by atoms with van der Waals surface area (Å²) < 4.78 is 0. The van der Waals surface area contributed by atoms with E-state index in [1.165, 1.54) is 0 Å². The number of aryl methyl sites for hydroxylation is 2. The lowest BCUT2D eigenvalue weighted by Gasteiger charge is -2.03. The molecule has 0 fully saturated rings. The number of H-pyrrole nitrogens is 2. The summed E-state index contributed by atoms with van der Waals surface area (Å²) in [5.41, 5.74) is 3.04. The van der Waals surface area contributed by atoms with Crippen LogP contribution in [0.1, 0.15) is 27.3 Å². The molecule has 6 heteroatoms. The summed E-state index contributed by atoms with van der Waals surface area (Å²) in [7, 11) is 0. The molecule has 0 atom stereocenters. The lowest BCUT2D eigenvalue weighted by molar-refractivity contribution is 0.0950. The van der Waals surface area contributed by atoms with Gasteiger partial charge >= 0.3 is 0 Å². The maximum absolute atomic E-state index is 11.8. The van der Waals surface area contributed by atoms with Gasteiger partial charge in [0.2, 0.25) is 0 Å². The van der Waals surface area contributed by atoms with E-state index in [2.05, 4.69) is 25.7 Å². The first-order chi connectivity index (χ1) is 7.68. The third-order valence-electron chi connectivity index (χ3n) is 2.36. The van der Waals surface area contributed by atoms with E-state index in [0.717, 1.165) is 11.3 Å². The van der Waals surface area contributed by atoms with Crippen LogP contribution in [0.5, 0.6) is 0 Å². The quantitative estimate of drug-likeness (QED) is 0.709. The summed E-state index contributed by atoms with van der Waals surface area (Å²) in [5.74, 6) is -0.120. The zero-order chi connectivity index (χ0) is 11.5. The number of rotatable bonds is 3. The standard InChI is InChI=1S/C10H13N5O/c1-6-9(7(2)15-14-6)10(16)11-3-8-4-12-13-5-8/h4-5H,3H2,1-2H3,(H,11,16)(H,12,13)(H,14,15). The molecule has 0 spiro atoms. The molecule has 0 unspecified atom stereocenters. The second-order valence-electron chi connectivity index (χ2n) is 3.60. The number of amides is 1. The zero-order valence-electron chi connectivity index (χ0n) is 9.16. The molecule has 2 aromatic heterocycles. The summed E-state index contributed by atoms with van der Waals surface area (Å²) >= 11 is 0. The average Bonchev–Trinajstić information content (AvgIpc) is 2.86. The van der Waals surface area contributed by atoms with Crippen molar-refractivity contribution < 1.29 is 4.79 Å². The summed E-state index contributed by atoms with van der Waals surface area (Å²) in [6, 6.07) is 0. The number of nitrogens with one attached hydrogen (secondary N) is 3. The van der Waals surface area contributed by atoms with Crippen molar-refractivity contribution in [3.05, 3.63) is 34.9 Å². The number of carbonyl (C=O) groups excluding carboxylic acids is 1. The van der Waals surface area contributed by atoms with Gasteiger partial charge in [0.1, 0.15) is 0 Å². The van der Waals surface area contributed by atoms with Crippen molar-refractivity contribution in [1.29, 1.82) is 0 Å². The Morgan fingerprint density at radius 1 is 1.50 bits per heavy atom. The molecule has 0 saturated heterocycles. The Hall–Kier alpha value is -2.11. The van der Waals surface area contributed by atoms with Crippen molar-refractivity contribution in [1.82, 2.24) is 25.7 Å². The van der Waals surface area contributed by atoms with E-state index in [1.807, 2.05) is 6.92 Å². The topological polar surface area (TPSA) is 86.5 Å². The number of nitrogens with zero attached hydrogens (tertiary/aromatic N) is 2. The minimum absolute atomic E-state index is 0.120. The van der Waals surface area contributed by atoms with Crippen LogP contribution in [0.4, 0.5) is 0 Å². The van der Waals surface area contributed by atoms with E-state index in [-0.39, 0.29) is 5.91 Å². The van der Waals surface area contributed by atoms with Crippen LogP contribution in [0.2, 0.25) is 0 Å². The van der Waals surface area contributed by atoms with Crippen LogP contribution < -0.4 is 5.32 Å². The second-order valence-corrected chi connectivity index (χ2v) is 3.60. The predicted molar refractivity (Wildman–Crippen MR) is 57.8 cm³/mol. The van der Waals surface area contributed by atoms with E-state index in [1.54, 1.807) is 19.3 Å². The van der Waals surface area contributed by atoms with Gasteiger partial charge in [-0.05, 0) is 13.8 Å². The van der Waals surface area contributed by atoms with Gasteiger partial charge in [0.25, 0.3) is 5.91 Å².